The van der Waals surface area contributed by atoms with E-state index < -0.39 is 0 Å². The molecule has 0 aromatic heterocycles. The summed E-state index contributed by atoms with van der Waals surface area (Å²) in [7, 11) is 4.10. The van der Waals surface area contributed by atoms with E-state index in [0.717, 1.165) is 25.2 Å². The van der Waals surface area contributed by atoms with Gasteiger partial charge in [0.1, 0.15) is 0 Å². The van der Waals surface area contributed by atoms with Crippen LogP contribution in [0.3, 0.4) is 0 Å². The fraction of sp³-hybridized carbons (Fsp3) is 0.750. The molecule has 0 aromatic rings. The molecule has 0 saturated carbocycles. The summed E-state index contributed by atoms with van der Waals surface area (Å²) in [5.41, 5.74) is 1.21. The lowest BCUT2D eigenvalue weighted by Gasteiger charge is -2.29. The van der Waals surface area contributed by atoms with Crippen molar-refractivity contribution >= 4 is 5.78 Å². The maximum atomic E-state index is 11.5. The van der Waals surface area contributed by atoms with Gasteiger partial charge in [-0.3, -0.25) is 4.79 Å². The van der Waals surface area contributed by atoms with Crippen LogP contribution in [0, 0.1) is 5.41 Å². The van der Waals surface area contributed by atoms with Crippen LogP contribution >= 0.6 is 0 Å². The van der Waals surface area contributed by atoms with E-state index in [9.17, 15) is 4.79 Å². The largest absolute Gasteiger partial charge is 0.387 e. The van der Waals surface area contributed by atoms with Crippen LogP contribution in [0.2, 0.25) is 0 Å². The third-order valence-electron chi connectivity index (χ3n) is 2.57. The van der Waals surface area contributed by atoms with Crippen molar-refractivity contribution in [2.45, 2.75) is 26.7 Å². The van der Waals surface area contributed by atoms with Crippen LogP contribution in [0.1, 0.15) is 26.7 Å². The molecule has 0 fully saturated rings. The predicted octanol–water partition coefficient (Wildman–Crippen LogP) is 1.41. The summed E-state index contributed by atoms with van der Waals surface area (Å²) in [5.74, 6) is 0.249. The highest BCUT2D eigenvalue weighted by atomic mass is 16.1. The number of nitrogens with zero attached hydrogens (tertiary/aromatic N) is 1. The zero-order valence-corrected chi connectivity index (χ0v) is 10.3. The van der Waals surface area contributed by atoms with Crippen LogP contribution in [0.15, 0.2) is 11.8 Å². The molecule has 3 nitrogen and oxygen atoms in total. The second kappa shape index (κ2) is 4.79. The first-order valence-electron chi connectivity index (χ1n) is 5.51. The van der Waals surface area contributed by atoms with Crippen LogP contribution in [-0.4, -0.2) is 37.9 Å². The van der Waals surface area contributed by atoms with Gasteiger partial charge >= 0.3 is 0 Å². The van der Waals surface area contributed by atoms with Crippen molar-refractivity contribution in [1.29, 1.82) is 0 Å². The van der Waals surface area contributed by atoms with Gasteiger partial charge in [0, 0.05) is 31.3 Å². The fourth-order valence-corrected chi connectivity index (χ4v) is 1.90. The molecule has 0 atom stereocenters. The van der Waals surface area contributed by atoms with Crippen molar-refractivity contribution in [2.24, 2.45) is 5.41 Å². The number of carbonyl (C=O) groups excluding carboxylic acids is 1. The molecule has 1 rings (SSSR count). The van der Waals surface area contributed by atoms with E-state index in [-0.39, 0.29) is 11.2 Å². The Morgan fingerprint density at radius 2 is 2.07 bits per heavy atom. The monoisotopic (exact) mass is 210 g/mol. The molecule has 86 valence electrons. The lowest BCUT2D eigenvalue weighted by atomic mass is 9.79. The first-order valence-corrected chi connectivity index (χ1v) is 5.51. The Morgan fingerprint density at radius 1 is 1.40 bits per heavy atom. The molecule has 0 heterocycles. The molecule has 0 spiro atoms. The van der Waals surface area contributed by atoms with E-state index in [1.54, 1.807) is 6.08 Å². The van der Waals surface area contributed by atoms with Gasteiger partial charge in [0.05, 0.1) is 0 Å². The van der Waals surface area contributed by atoms with Gasteiger partial charge in [-0.25, -0.2) is 0 Å². The van der Waals surface area contributed by atoms with E-state index in [1.807, 2.05) is 14.1 Å². The zero-order chi connectivity index (χ0) is 11.5. The smallest absolute Gasteiger partial charge is 0.157 e. The van der Waals surface area contributed by atoms with Crippen LogP contribution in [0.25, 0.3) is 0 Å². The minimum absolute atomic E-state index is 0.117. The standard InChI is InChI=1S/C12H22N2O/c1-12(2)8-10(7-11(15)9-12)13-5-6-14(3)4/h7,13H,5-6,8-9H2,1-4H3. The number of hydrogen-bond donors (Lipinski definition) is 1. The number of hydrogen-bond acceptors (Lipinski definition) is 3. The van der Waals surface area contributed by atoms with Gasteiger partial charge in [0.15, 0.2) is 5.78 Å². The first kappa shape index (κ1) is 12.2. The van der Waals surface area contributed by atoms with Crippen molar-refractivity contribution in [3.8, 4) is 0 Å². The van der Waals surface area contributed by atoms with Crippen molar-refractivity contribution in [3.63, 3.8) is 0 Å². The second-order valence-corrected chi connectivity index (χ2v) is 5.38. The van der Waals surface area contributed by atoms with E-state index in [1.165, 1.54) is 0 Å². The lowest BCUT2D eigenvalue weighted by Crippen LogP contribution is -2.31. The molecule has 1 N–H and O–H groups in total. The minimum Gasteiger partial charge on any atom is -0.387 e. The molecule has 1 aliphatic rings. The molecule has 0 radical (unpaired) electrons. The summed E-state index contributed by atoms with van der Waals surface area (Å²) in [6.45, 7) is 6.19. The Bertz CT molecular complexity index is 267. The van der Waals surface area contributed by atoms with Crippen LogP contribution in [0.4, 0.5) is 0 Å². The number of nitrogens with one attached hydrogen (secondary N) is 1. The van der Waals surface area contributed by atoms with Gasteiger partial charge in [-0.1, -0.05) is 13.8 Å². The average Bonchev–Trinajstić information content (AvgIpc) is 1.98. The number of carbonyl (C=O) groups is 1. The maximum Gasteiger partial charge on any atom is 0.157 e. The van der Waals surface area contributed by atoms with Crippen LogP contribution < -0.4 is 5.32 Å². The topological polar surface area (TPSA) is 32.3 Å². The predicted molar refractivity (Wildman–Crippen MR) is 62.7 cm³/mol. The average molecular weight is 210 g/mol. The van der Waals surface area contributed by atoms with Gasteiger partial charge < -0.3 is 10.2 Å². The summed E-state index contributed by atoms with van der Waals surface area (Å²) in [4.78, 5) is 13.6. The normalized spacial score (nSPS) is 20.3. The quantitative estimate of drug-likeness (QED) is 0.761. The van der Waals surface area contributed by atoms with Crippen molar-refractivity contribution < 1.29 is 4.79 Å². The minimum atomic E-state index is 0.117. The maximum absolute atomic E-state index is 11.5. The van der Waals surface area contributed by atoms with Crippen molar-refractivity contribution in [3.05, 3.63) is 11.8 Å². The molecule has 15 heavy (non-hydrogen) atoms. The van der Waals surface area contributed by atoms with Crippen molar-refractivity contribution in [1.82, 2.24) is 10.2 Å². The Kier molecular flexibility index (Phi) is 3.91. The molecular formula is C12H22N2O. The Hall–Kier alpha value is -0.830. The molecule has 0 bridgehead atoms. The van der Waals surface area contributed by atoms with E-state index in [0.29, 0.717) is 6.42 Å². The lowest BCUT2D eigenvalue weighted by molar-refractivity contribution is -0.117. The molecule has 0 aromatic carbocycles. The highest BCUT2D eigenvalue weighted by molar-refractivity contribution is 5.91. The van der Waals surface area contributed by atoms with Crippen LogP contribution in [-0.2, 0) is 4.79 Å². The Morgan fingerprint density at radius 3 is 2.60 bits per heavy atom. The molecule has 0 amide bonds. The fourth-order valence-electron chi connectivity index (χ4n) is 1.90. The van der Waals surface area contributed by atoms with Gasteiger partial charge in [-0.05, 0) is 25.9 Å². The SMILES string of the molecule is CN(C)CCNC1=CC(=O)CC(C)(C)C1. The number of rotatable bonds is 4. The highest BCUT2D eigenvalue weighted by Crippen LogP contribution is 2.32. The van der Waals surface area contributed by atoms with Crippen molar-refractivity contribution in [2.75, 3.05) is 27.2 Å². The number of likely N-dealkylation sites (N-methyl/N-ethyl adjacent to an activating group) is 1. The van der Waals surface area contributed by atoms with E-state index >= 15 is 0 Å². The number of allylic oxidation sites excluding steroid dienone is 2. The summed E-state index contributed by atoms with van der Waals surface area (Å²) in [5, 5.41) is 3.34. The van der Waals surface area contributed by atoms with Gasteiger partial charge in [-0.2, -0.15) is 0 Å². The molecular weight excluding hydrogens is 188 g/mol. The highest BCUT2D eigenvalue weighted by Gasteiger charge is 2.27. The molecule has 0 unspecified atom stereocenters. The van der Waals surface area contributed by atoms with Crippen LogP contribution in [0.5, 0.6) is 0 Å². The third kappa shape index (κ3) is 4.47. The Labute approximate surface area is 92.5 Å². The summed E-state index contributed by atoms with van der Waals surface area (Å²) >= 11 is 0. The third-order valence-corrected chi connectivity index (χ3v) is 2.57. The van der Waals surface area contributed by atoms with E-state index in [2.05, 4.69) is 24.1 Å². The van der Waals surface area contributed by atoms with Gasteiger partial charge in [0.25, 0.3) is 0 Å². The second-order valence-electron chi connectivity index (χ2n) is 5.38. The summed E-state index contributed by atoms with van der Waals surface area (Å²) < 4.78 is 0. The zero-order valence-electron chi connectivity index (χ0n) is 10.3. The molecule has 0 saturated heterocycles. The van der Waals surface area contributed by atoms with E-state index in [4.69, 9.17) is 0 Å². The molecule has 0 aliphatic heterocycles. The summed E-state index contributed by atoms with van der Waals surface area (Å²) in [6, 6.07) is 0. The number of ketones is 1. The summed E-state index contributed by atoms with van der Waals surface area (Å²) in [6.07, 6.45) is 3.42. The van der Waals surface area contributed by atoms with Gasteiger partial charge in [-0.15, -0.1) is 0 Å². The first-order chi connectivity index (χ1) is 6.89. The molecule has 1 aliphatic carbocycles. The van der Waals surface area contributed by atoms with Gasteiger partial charge in [0.2, 0.25) is 0 Å². The molecule has 3 heteroatoms. The Balaban J connectivity index is 2.44.